The third-order valence-corrected chi connectivity index (χ3v) is 8.63. The van der Waals surface area contributed by atoms with Gasteiger partial charge in [0, 0.05) is 25.0 Å². The molecular formula is C30H39N5O6. The Labute approximate surface area is 239 Å². The van der Waals surface area contributed by atoms with Crippen LogP contribution in [-0.2, 0) is 20.8 Å². The van der Waals surface area contributed by atoms with E-state index in [1.165, 1.54) is 12.3 Å². The molecule has 2 fully saturated rings. The number of aromatic nitrogens is 1. The Balaban J connectivity index is 1.82. The predicted octanol–water partition coefficient (Wildman–Crippen LogP) is 3.39. The number of nitrogens with one attached hydrogen (secondary N) is 1. The average molecular weight is 566 g/mol. The highest BCUT2D eigenvalue weighted by Crippen LogP contribution is 2.44. The minimum absolute atomic E-state index is 0.0109. The van der Waals surface area contributed by atoms with Gasteiger partial charge in [0.25, 0.3) is 5.91 Å². The van der Waals surface area contributed by atoms with E-state index in [2.05, 4.69) is 10.5 Å². The van der Waals surface area contributed by atoms with Gasteiger partial charge in [-0.25, -0.2) is 4.79 Å². The molecule has 2 amide bonds. The van der Waals surface area contributed by atoms with Gasteiger partial charge in [0.05, 0.1) is 22.6 Å². The van der Waals surface area contributed by atoms with Gasteiger partial charge < -0.3 is 16.6 Å². The second-order valence-corrected chi connectivity index (χ2v) is 11.3. The number of nitrogens with zero attached hydrogens (tertiary/aromatic N) is 2. The number of carbonyl (C=O) groups excluding carboxylic acids is 3. The lowest BCUT2D eigenvalue weighted by atomic mass is 9.70. The first-order valence-electron chi connectivity index (χ1n) is 14.2. The number of anilines is 2. The number of amides is 2. The number of carboxylic acid groups (broad SMARTS) is 1. The fourth-order valence-corrected chi connectivity index (χ4v) is 6.52. The molecule has 3 atom stereocenters. The molecule has 1 aromatic carbocycles. The van der Waals surface area contributed by atoms with Gasteiger partial charge in [0.1, 0.15) is 0 Å². The summed E-state index contributed by atoms with van der Waals surface area (Å²) in [6.07, 6.45) is 6.02. The molecule has 1 aromatic heterocycles. The van der Waals surface area contributed by atoms with Crippen LogP contribution < -0.4 is 21.8 Å². The first-order chi connectivity index (χ1) is 19.6. The molecular weight excluding hydrogens is 526 g/mol. The summed E-state index contributed by atoms with van der Waals surface area (Å²) in [6, 6.07) is 8.42. The summed E-state index contributed by atoms with van der Waals surface area (Å²) in [5, 5.41) is 19.9. The highest BCUT2D eigenvalue weighted by molar-refractivity contribution is 6.22. The number of carbonyl (C=O) groups is 4. The average Bonchev–Trinajstić information content (AvgIpc) is 2.96. The summed E-state index contributed by atoms with van der Waals surface area (Å²) in [7, 11) is 0. The van der Waals surface area contributed by atoms with Gasteiger partial charge in [-0.05, 0) is 55.0 Å². The Hall–Kier alpha value is -3.83. The largest absolute Gasteiger partial charge is 0.479 e. The van der Waals surface area contributed by atoms with E-state index in [0.29, 0.717) is 5.69 Å². The van der Waals surface area contributed by atoms with Crippen molar-refractivity contribution in [2.75, 3.05) is 16.9 Å². The molecule has 1 aliphatic carbocycles. The number of rotatable bonds is 11. The molecule has 41 heavy (non-hydrogen) atoms. The molecule has 11 nitrogen and oxygen atoms in total. The summed E-state index contributed by atoms with van der Waals surface area (Å²) < 4.78 is 0. The van der Waals surface area contributed by atoms with Gasteiger partial charge in [0.15, 0.2) is 5.78 Å². The molecule has 1 aliphatic heterocycles. The maximum Gasteiger partial charge on any atom is 0.337 e. The van der Waals surface area contributed by atoms with E-state index in [-0.39, 0.29) is 61.0 Å². The molecule has 220 valence electrons. The summed E-state index contributed by atoms with van der Waals surface area (Å²) in [4.78, 5) is 59.8. The number of Topliss-reactive ketones (excluding diaryl/α,β-unsaturated/α-hetero) is 1. The van der Waals surface area contributed by atoms with Crippen LogP contribution in [0, 0.1) is 11.8 Å². The monoisotopic (exact) mass is 565 g/mol. The van der Waals surface area contributed by atoms with E-state index in [9.17, 15) is 24.3 Å². The Bertz CT molecular complexity index is 1290. The quantitative estimate of drug-likeness (QED) is 0.201. The first kappa shape index (κ1) is 30.1. The normalized spacial score (nSPS) is 22.4. The summed E-state index contributed by atoms with van der Waals surface area (Å²) in [6.45, 7) is 2.08. The number of carboxylic acids is 1. The van der Waals surface area contributed by atoms with Crippen LogP contribution in [0.25, 0.3) is 0 Å². The predicted molar refractivity (Wildman–Crippen MR) is 153 cm³/mol. The SMILES string of the molecule is CC(C[C@@H]1CC(=O)[C@](CC2CCCCC2)(C(=O)O)N(c2ccnc(CCN)c2C(N)=O)C1=O)c1ccc(NO)cc1. The zero-order valence-electron chi connectivity index (χ0n) is 23.3. The molecule has 0 spiro atoms. The van der Waals surface area contributed by atoms with Gasteiger partial charge in [0.2, 0.25) is 11.4 Å². The minimum atomic E-state index is -2.17. The molecule has 11 heteroatoms. The lowest BCUT2D eigenvalue weighted by Gasteiger charge is -2.47. The van der Waals surface area contributed by atoms with Crippen LogP contribution in [-0.4, -0.2) is 50.9 Å². The van der Waals surface area contributed by atoms with Gasteiger partial charge in [-0.15, -0.1) is 0 Å². The van der Waals surface area contributed by atoms with Crippen LogP contribution in [0.4, 0.5) is 11.4 Å². The molecule has 1 saturated carbocycles. The second-order valence-electron chi connectivity index (χ2n) is 11.3. The maximum atomic E-state index is 14.4. The topological polar surface area (TPSA) is 189 Å². The van der Waals surface area contributed by atoms with Crippen LogP contribution in [0.2, 0.25) is 0 Å². The molecule has 7 N–H and O–H groups in total. The van der Waals surface area contributed by atoms with Crippen molar-refractivity contribution in [3.05, 3.63) is 53.3 Å². The summed E-state index contributed by atoms with van der Waals surface area (Å²) >= 11 is 0. The zero-order valence-corrected chi connectivity index (χ0v) is 23.3. The Morgan fingerprint density at radius 3 is 2.41 bits per heavy atom. The van der Waals surface area contributed by atoms with Crippen molar-refractivity contribution in [2.45, 2.75) is 76.2 Å². The second kappa shape index (κ2) is 12.8. The van der Waals surface area contributed by atoms with E-state index in [0.717, 1.165) is 42.6 Å². The van der Waals surface area contributed by atoms with Gasteiger partial charge in [-0.3, -0.25) is 35.0 Å². The van der Waals surface area contributed by atoms with Crippen molar-refractivity contribution >= 4 is 34.9 Å². The number of pyridine rings is 1. The Morgan fingerprint density at radius 2 is 1.83 bits per heavy atom. The van der Waals surface area contributed by atoms with Crippen molar-refractivity contribution in [3.63, 3.8) is 0 Å². The number of piperidine rings is 1. The Kier molecular flexibility index (Phi) is 9.39. The molecule has 2 aliphatic rings. The minimum Gasteiger partial charge on any atom is -0.479 e. The van der Waals surface area contributed by atoms with E-state index in [1.54, 1.807) is 12.1 Å². The third-order valence-electron chi connectivity index (χ3n) is 8.63. The standard InChI is InChI=1S/C30H39N5O6/c1-18(20-7-9-22(34-41)10-8-20)15-21-16-25(36)30(29(39)40,17-19-5-3-2-4-6-19)35(28(21)38)24-12-14-33-23(11-13-31)26(24)27(32)37/h7-10,12,14,18-19,21,34,41H,2-6,11,13,15-17,31H2,1H3,(H2,32,37)(H,39,40)/t18?,21-,30-/m1/s1. The smallest absolute Gasteiger partial charge is 0.337 e. The van der Waals surface area contributed by atoms with Crippen molar-refractivity contribution in [1.29, 1.82) is 0 Å². The third kappa shape index (κ3) is 5.96. The van der Waals surface area contributed by atoms with E-state index >= 15 is 0 Å². The van der Waals surface area contributed by atoms with Crippen LogP contribution in [0.3, 0.4) is 0 Å². The fraction of sp³-hybridized carbons (Fsp3) is 0.500. The number of aliphatic carboxylic acids is 1. The molecule has 2 aromatic rings. The molecule has 1 saturated heterocycles. The molecule has 0 bridgehead atoms. The number of primary amides is 1. The molecule has 0 radical (unpaired) electrons. The highest BCUT2D eigenvalue weighted by Gasteiger charge is 2.59. The van der Waals surface area contributed by atoms with Crippen molar-refractivity contribution in [1.82, 2.24) is 4.98 Å². The first-order valence-corrected chi connectivity index (χ1v) is 14.2. The lowest BCUT2D eigenvalue weighted by Crippen LogP contribution is -2.68. The Morgan fingerprint density at radius 1 is 1.15 bits per heavy atom. The van der Waals surface area contributed by atoms with Crippen LogP contribution >= 0.6 is 0 Å². The molecule has 2 heterocycles. The number of nitrogens with two attached hydrogens (primary N) is 2. The highest BCUT2D eigenvalue weighted by atomic mass is 16.5. The zero-order chi connectivity index (χ0) is 29.7. The lowest BCUT2D eigenvalue weighted by molar-refractivity contribution is -0.155. The van der Waals surface area contributed by atoms with Crippen molar-refractivity contribution in [3.8, 4) is 0 Å². The van der Waals surface area contributed by atoms with Crippen LogP contribution in [0.5, 0.6) is 0 Å². The number of hydrogen-bond acceptors (Lipinski definition) is 8. The number of hydrogen-bond donors (Lipinski definition) is 5. The van der Waals surface area contributed by atoms with Crippen LogP contribution in [0.1, 0.15) is 85.8 Å². The van der Waals surface area contributed by atoms with E-state index < -0.39 is 35.0 Å². The van der Waals surface area contributed by atoms with Crippen LogP contribution in [0.15, 0.2) is 36.5 Å². The van der Waals surface area contributed by atoms with Crippen molar-refractivity contribution in [2.24, 2.45) is 23.3 Å². The van der Waals surface area contributed by atoms with E-state index in [1.807, 2.05) is 19.1 Å². The van der Waals surface area contributed by atoms with Gasteiger partial charge in [-0.1, -0.05) is 51.2 Å². The fourth-order valence-electron chi connectivity index (χ4n) is 6.52. The van der Waals surface area contributed by atoms with E-state index in [4.69, 9.17) is 16.7 Å². The molecule has 4 rings (SSSR count). The van der Waals surface area contributed by atoms with Gasteiger partial charge >= 0.3 is 5.97 Å². The molecule has 1 unspecified atom stereocenters. The van der Waals surface area contributed by atoms with Gasteiger partial charge in [-0.2, -0.15) is 0 Å². The summed E-state index contributed by atoms with van der Waals surface area (Å²) in [5.41, 5.74) is 13.0. The number of ketones is 1. The maximum absolute atomic E-state index is 14.4. The van der Waals surface area contributed by atoms with Crippen molar-refractivity contribution < 1.29 is 29.5 Å². The summed E-state index contributed by atoms with van der Waals surface area (Å²) in [5.74, 6) is -4.41. The number of benzene rings is 1.